The molecule has 0 atom stereocenters. The van der Waals surface area contributed by atoms with Crippen LogP contribution in [0.25, 0.3) is 0 Å². The van der Waals surface area contributed by atoms with Gasteiger partial charge in [0.15, 0.2) is 0 Å². The number of nitrogens with zero attached hydrogens (tertiary/aromatic N) is 1. The van der Waals surface area contributed by atoms with Gasteiger partial charge < -0.3 is 15.3 Å². The zero-order chi connectivity index (χ0) is 13.1. The van der Waals surface area contributed by atoms with Crippen LogP contribution in [0.15, 0.2) is 12.1 Å². The van der Waals surface area contributed by atoms with Crippen LogP contribution < -0.4 is 5.32 Å². The van der Waals surface area contributed by atoms with Gasteiger partial charge in [0.1, 0.15) is 5.75 Å². The molecule has 3 nitrogen and oxygen atoms in total. The Morgan fingerprint density at radius 2 is 1.94 bits per heavy atom. The Labute approximate surface area is 110 Å². The lowest BCUT2D eigenvalue weighted by Crippen LogP contribution is -2.26. The van der Waals surface area contributed by atoms with Gasteiger partial charge in [0.2, 0.25) is 0 Å². The van der Waals surface area contributed by atoms with Crippen molar-refractivity contribution < 1.29 is 5.11 Å². The van der Waals surface area contributed by atoms with Gasteiger partial charge in [-0.05, 0) is 64.0 Å². The van der Waals surface area contributed by atoms with E-state index in [1.54, 1.807) is 0 Å². The van der Waals surface area contributed by atoms with Crippen molar-refractivity contribution in [1.82, 2.24) is 10.2 Å². The minimum atomic E-state index is 0.507. The number of phenolic OH excluding ortho intramolecular Hbond substituents is 1. The summed E-state index contributed by atoms with van der Waals surface area (Å²) in [6.45, 7) is 4.99. The minimum absolute atomic E-state index is 0.507. The second-order valence-electron chi connectivity index (χ2n) is 5.56. The van der Waals surface area contributed by atoms with Crippen LogP contribution in [-0.2, 0) is 6.54 Å². The molecule has 1 aromatic rings. The number of benzene rings is 1. The van der Waals surface area contributed by atoms with E-state index in [9.17, 15) is 5.11 Å². The highest BCUT2D eigenvalue weighted by Crippen LogP contribution is 2.36. The average Bonchev–Trinajstić information content (AvgIpc) is 2.35. The molecule has 3 heteroatoms. The summed E-state index contributed by atoms with van der Waals surface area (Å²) in [7, 11) is 4.08. The third-order valence-corrected chi connectivity index (χ3v) is 3.80. The molecule has 1 saturated heterocycles. The van der Waals surface area contributed by atoms with Crippen LogP contribution in [0, 0.1) is 6.92 Å². The van der Waals surface area contributed by atoms with Crippen LogP contribution in [0.2, 0.25) is 0 Å². The molecule has 1 fully saturated rings. The van der Waals surface area contributed by atoms with E-state index in [0.29, 0.717) is 11.7 Å². The predicted molar refractivity (Wildman–Crippen MR) is 75.1 cm³/mol. The molecule has 0 amide bonds. The molecule has 2 N–H and O–H groups in total. The number of hydrogen-bond donors (Lipinski definition) is 2. The third kappa shape index (κ3) is 2.85. The van der Waals surface area contributed by atoms with Crippen molar-refractivity contribution >= 4 is 0 Å². The van der Waals surface area contributed by atoms with Crippen LogP contribution in [0.3, 0.4) is 0 Å². The Balaban J connectivity index is 2.30. The van der Waals surface area contributed by atoms with Crippen molar-refractivity contribution in [1.29, 1.82) is 0 Å². The molecule has 0 unspecified atom stereocenters. The van der Waals surface area contributed by atoms with Crippen LogP contribution in [0.1, 0.15) is 35.4 Å². The summed E-state index contributed by atoms with van der Waals surface area (Å²) in [5, 5.41) is 13.9. The second kappa shape index (κ2) is 5.72. The van der Waals surface area contributed by atoms with Crippen molar-refractivity contribution in [3.63, 3.8) is 0 Å². The van der Waals surface area contributed by atoms with E-state index in [0.717, 1.165) is 43.6 Å². The first-order valence-electron chi connectivity index (χ1n) is 6.76. The number of piperidine rings is 1. The normalized spacial score (nSPS) is 17.3. The second-order valence-corrected chi connectivity index (χ2v) is 5.56. The number of aromatic hydroxyl groups is 1. The maximum atomic E-state index is 10.5. The van der Waals surface area contributed by atoms with Gasteiger partial charge in [0, 0.05) is 12.1 Å². The van der Waals surface area contributed by atoms with E-state index >= 15 is 0 Å². The molecule has 1 aromatic carbocycles. The lowest BCUT2D eigenvalue weighted by molar-refractivity contribution is 0.377. The largest absolute Gasteiger partial charge is 0.507 e. The first-order chi connectivity index (χ1) is 8.59. The zero-order valence-electron chi connectivity index (χ0n) is 11.7. The van der Waals surface area contributed by atoms with Gasteiger partial charge in [-0.25, -0.2) is 0 Å². The Morgan fingerprint density at radius 3 is 2.56 bits per heavy atom. The minimum Gasteiger partial charge on any atom is -0.507 e. The van der Waals surface area contributed by atoms with Crippen LogP contribution in [0.5, 0.6) is 5.75 Å². The molecule has 1 heterocycles. The molecule has 0 bridgehead atoms. The number of hydrogen-bond acceptors (Lipinski definition) is 3. The number of nitrogens with one attached hydrogen (secondary N) is 1. The molecule has 0 radical (unpaired) electrons. The highest BCUT2D eigenvalue weighted by Gasteiger charge is 2.20. The Hall–Kier alpha value is -1.06. The SMILES string of the molecule is Cc1ccc(C2CCNCC2)c(O)c1CN(C)C. The Bertz CT molecular complexity index is 409. The first-order valence-corrected chi connectivity index (χ1v) is 6.76. The predicted octanol–water partition coefficient (Wildman–Crippen LogP) is 2.23. The smallest absolute Gasteiger partial charge is 0.123 e. The maximum absolute atomic E-state index is 10.5. The summed E-state index contributed by atoms with van der Waals surface area (Å²) in [5.41, 5.74) is 3.40. The molecular weight excluding hydrogens is 224 g/mol. The standard InChI is InChI=1S/C15H24N2O/c1-11-4-5-13(12-6-8-16-9-7-12)15(18)14(11)10-17(2)3/h4-5,12,16,18H,6-10H2,1-3H3. The summed E-state index contributed by atoms with van der Waals surface area (Å²) in [6, 6.07) is 4.26. The Morgan fingerprint density at radius 1 is 1.28 bits per heavy atom. The highest BCUT2D eigenvalue weighted by molar-refractivity contribution is 5.47. The van der Waals surface area contributed by atoms with Gasteiger partial charge in [-0.3, -0.25) is 0 Å². The van der Waals surface area contributed by atoms with E-state index in [1.807, 2.05) is 14.1 Å². The zero-order valence-corrected chi connectivity index (χ0v) is 11.7. The lowest BCUT2D eigenvalue weighted by Gasteiger charge is -2.25. The number of phenols is 1. The third-order valence-electron chi connectivity index (χ3n) is 3.80. The van der Waals surface area contributed by atoms with E-state index in [1.165, 1.54) is 5.56 Å². The van der Waals surface area contributed by atoms with Crippen LogP contribution in [0.4, 0.5) is 0 Å². The van der Waals surface area contributed by atoms with Gasteiger partial charge in [0.05, 0.1) is 0 Å². The molecular formula is C15H24N2O. The van der Waals surface area contributed by atoms with Gasteiger partial charge in [0.25, 0.3) is 0 Å². The quantitative estimate of drug-likeness (QED) is 0.861. The molecule has 2 rings (SSSR count). The van der Waals surface area contributed by atoms with Gasteiger partial charge in [-0.2, -0.15) is 0 Å². The topological polar surface area (TPSA) is 35.5 Å². The van der Waals surface area contributed by atoms with E-state index in [2.05, 4.69) is 29.3 Å². The average molecular weight is 248 g/mol. The molecule has 1 aliphatic heterocycles. The molecule has 0 spiro atoms. The van der Waals surface area contributed by atoms with Crippen LogP contribution in [-0.4, -0.2) is 37.2 Å². The number of aryl methyl sites for hydroxylation is 1. The molecule has 18 heavy (non-hydrogen) atoms. The molecule has 0 saturated carbocycles. The summed E-state index contributed by atoms with van der Waals surface area (Å²) >= 11 is 0. The summed E-state index contributed by atoms with van der Waals surface area (Å²) in [5.74, 6) is 1.03. The fraction of sp³-hybridized carbons (Fsp3) is 0.600. The van der Waals surface area contributed by atoms with E-state index in [4.69, 9.17) is 0 Å². The fourth-order valence-corrected chi connectivity index (χ4v) is 2.73. The van der Waals surface area contributed by atoms with Gasteiger partial charge in [-0.15, -0.1) is 0 Å². The number of rotatable bonds is 3. The highest BCUT2D eigenvalue weighted by atomic mass is 16.3. The summed E-state index contributed by atoms with van der Waals surface area (Å²) in [6.07, 6.45) is 2.25. The molecule has 1 aliphatic rings. The van der Waals surface area contributed by atoms with E-state index in [-0.39, 0.29) is 0 Å². The van der Waals surface area contributed by atoms with E-state index < -0.39 is 0 Å². The van der Waals surface area contributed by atoms with Crippen molar-refractivity contribution in [2.24, 2.45) is 0 Å². The van der Waals surface area contributed by atoms with Crippen LogP contribution >= 0.6 is 0 Å². The van der Waals surface area contributed by atoms with Gasteiger partial charge >= 0.3 is 0 Å². The monoisotopic (exact) mass is 248 g/mol. The summed E-state index contributed by atoms with van der Waals surface area (Å²) in [4.78, 5) is 2.11. The Kier molecular flexibility index (Phi) is 4.25. The van der Waals surface area contributed by atoms with Crippen molar-refractivity contribution in [2.75, 3.05) is 27.2 Å². The molecule has 0 aliphatic carbocycles. The van der Waals surface area contributed by atoms with Gasteiger partial charge in [-0.1, -0.05) is 12.1 Å². The maximum Gasteiger partial charge on any atom is 0.123 e. The molecule has 0 aromatic heterocycles. The van der Waals surface area contributed by atoms with Crippen molar-refractivity contribution in [3.05, 3.63) is 28.8 Å². The first kappa shape index (κ1) is 13.4. The fourth-order valence-electron chi connectivity index (χ4n) is 2.73. The lowest BCUT2D eigenvalue weighted by atomic mass is 9.87. The summed E-state index contributed by atoms with van der Waals surface area (Å²) < 4.78 is 0. The van der Waals surface area contributed by atoms with Crippen molar-refractivity contribution in [3.8, 4) is 5.75 Å². The molecule has 100 valence electrons. The van der Waals surface area contributed by atoms with Crippen molar-refractivity contribution in [2.45, 2.75) is 32.2 Å².